The van der Waals surface area contributed by atoms with Crippen molar-refractivity contribution < 1.29 is 17.9 Å². The molecule has 0 aliphatic carbocycles. The van der Waals surface area contributed by atoms with Gasteiger partial charge in [-0.3, -0.25) is 0 Å². The van der Waals surface area contributed by atoms with Gasteiger partial charge in [-0.1, -0.05) is 5.92 Å². The first-order valence-corrected chi connectivity index (χ1v) is 9.48. The molecule has 0 radical (unpaired) electrons. The van der Waals surface area contributed by atoms with Gasteiger partial charge in [-0.25, -0.2) is 9.97 Å². The molecule has 0 bridgehead atoms. The number of thiophene rings is 1. The maximum Gasteiger partial charge on any atom is 0.416 e. The summed E-state index contributed by atoms with van der Waals surface area (Å²) in [4.78, 5) is 11.0. The minimum Gasteiger partial charge on any atom is -0.476 e. The normalized spacial score (nSPS) is 11.5. The Morgan fingerprint density at radius 2 is 1.71 bits per heavy atom. The molecule has 0 saturated heterocycles. The molecule has 3 aromatic rings. The largest absolute Gasteiger partial charge is 0.476 e. The highest BCUT2D eigenvalue weighted by molar-refractivity contribution is 7.09. The standard InChI is InChI=1S/C20H18F3N3OS/c1-26(2)10-3-11-27-19-16(24-17-12-28-13-18(17)25-19)9-6-14-4-7-15(8-5-14)20(21,22)23/h4-5,7-8,12-13H,3,10-11H2,1-2H3. The fourth-order valence-electron chi connectivity index (χ4n) is 2.39. The molecule has 0 aliphatic rings. The van der Waals surface area contributed by atoms with E-state index in [0.29, 0.717) is 29.3 Å². The predicted molar refractivity (Wildman–Crippen MR) is 104 cm³/mol. The zero-order valence-corrected chi connectivity index (χ0v) is 16.2. The van der Waals surface area contributed by atoms with Gasteiger partial charge in [0.05, 0.1) is 12.2 Å². The average Bonchev–Trinajstić information content (AvgIpc) is 3.10. The zero-order valence-electron chi connectivity index (χ0n) is 15.4. The molecule has 4 nitrogen and oxygen atoms in total. The van der Waals surface area contributed by atoms with Gasteiger partial charge in [0.15, 0.2) is 5.69 Å². The monoisotopic (exact) mass is 405 g/mol. The van der Waals surface area contributed by atoms with E-state index in [9.17, 15) is 13.2 Å². The smallest absolute Gasteiger partial charge is 0.416 e. The Bertz CT molecular complexity index is 1000. The van der Waals surface area contributed by atoms with E-state index in [1.807, 2.05) is 24.9 Å². The van der Waals surface area contributed by atoms with Gasteiger partial charge in [0.2, 0.25) is 5.88 Å². The Hall–Kier alpha value is -2.63. The number of nitrogens with zero attached hydrogens (tertiary/aromatic N) is 3. The summed E-state index contributed by atoms with van der Waals surface area (Å²) < 4.78 is 43.8. The van der Waals surface area contributed by atoms with E-state index in [-0.39, 0.29) is 0 Å². The summed E-state index contributed by atoms with van der Waals surface area (Å²) in [5.41, 5.74) is 1.56. The van der Waals surface area contributed by atoms with Crippen LogP contribution >= 0.6 is 11.3 Å². The first kappa shape index (κ1) is 20.1. The van der Waals surface area contributed by atoms with E-state index in [2.05, 4.69) is 26.7 Å². The lowest BCUT2D eigenvalue weighted by Crippen LogP contribution is -2.16. The zero-order chi connectivity index (χ0) is 20.1. The van der Waals surface area contributed by atoms with Gasteiger partial charge >= 0.3 is 6.18 Å². The minimum atomic E-state index is -4.37. The molecular formula is C20H18F3N3OS. The Balaban J connectivity index is 1.83. The van der Waals surface area contributed by atoms with Crippen LogP contribution in [0.1, 0.15) is 23.2 Å². The van der Waals surface area contributed by atoms with Gasteiger partial charge < -0.3 is 9.64 Å². The molecule has 0 N–H and O–H groups in total. The second kappa shape index (κ2) is 8.59. The SMILES string of the molecule is CN(C)CCCOc1nc2cscc2nc1C#Cc1ccc(C(F)(F)F)cc1. The summed E-state index contributed by atoms with van der Waals surface area (Å²) >= 11 is 1.48. The number of alkyl halides is 3. The number of fused-ring (bicyclic) bond motifs is 1. The molecule has 1 aromatic carbocycles. The lowest BCUT2D eigenvalue weighted by Gasteiger charge is -2.10. The number of benzene rings is 1. The Kier molecular flexibility index (Phi) is 6.17. The lowest BCUT2D eigenvalue weighted by molar-refractivity contribution is -0.137. The topological polar surface area (TPSA) is 38.2 Å². The van der Waals surface area contributed by atoms with Crippen molar-refractivity contribution in [3.8, 4) is 17.7 Å². The van der Waals surface area contributed by atoms with E-state index in [0.717, 1.165) is 30.6 Å². The van der Waals surface area contributed by atoms with Gasteiger partial charge in [0, 0.05) is 22.9 Å². The summed E-state index contributed by atoms with van der Waals surface area (Å²) in [6.07, 6.45) is -3.54. The minimum absolute atomic E-state index is 0.337. The second-order valence-corrected chi connectivity index (χ2v) is 7.09. The molecule has 0 aliphatic heterocycles. The van der Waals surface area contributed by atoms with Crippen molar-refractivity contribution in [2.45, 2.75) is 12.6 Å². The first-order valence-electron chi connectivity index (χ1n) is 8.53. The van der Waals surface area contributed by atoms with E-state index in [1.165, 1.54) is 23.5 Å². The summed E-state index contributed by atoms with van der Waals surface area (Å²) in [6, 6.07) is 4.70. The van der Waals surface area contributed by atoms with Crippen molar-refractivity contribution in [2.75, 3.05) is 27.2 Å². The molecule has 2 heterocycles. The van der Waals surface area contributed by atoms with E-state index in [1.54, 1.807) is 0 Å². The number of rotatable bonds is 5. The maximum atomic E-state index is 12.7. The van der Waals surface area contributed by atoms with Crippen LogP contribution in [0, 0.1) is 11.8 Å². The second-order valence-electron chi connectivity index (χ2n) is 6.35. The molecule has 0 saturated carbocycles. The van der Waals surface area contributed by atoms with Crippen molar-refractivity contribution in [1.29, 1.82) is 0 Å². The van der Waals surface area contributed by atoms with Gasteiger partial charge in [-0.2, -0.15) is 13.2 Å². The number of hydrogen-bond acceptors (Lipinski definition) is 5. The highest BCUT2D eigenvalue weighted by Gasteiger charge is 2.29. The fraction of sp³-hybridized carbons (Fsp3) is 0.300. The Labute approximate surface area is 165 Å². The van der Waals surface area contributed by atoms with Crippen LogP contribution in [0.25, 0.3) is 11.0 Å². The highest BCUT2D eigenvalue weighted by Crippen LogP contribution is 2.29. The average molecular weight is 405 g/mol. The molecule has 8 heteroatoms. The number of aromatic nitrogens is 2. The van der Waals surface area contributed by atoms with Crippen LogP contribution in [0.2, 0.25) is 0 Å². The van der Waals surface area contributed by atoms with Gasteiger partial charge in [-0.05, 0) is 50.7 Å². The van der Waals surface area contributed by atoms with Crippen LogP contribution in [0.15, 0.2) is 35.0 Å². The van der Waals surface area contributed by atoms with E-state index < -0.39 is 11.7 Å². The Morgan fingerprint density at radius 3 is 2.36 bits per heavy atom. The Morgan fingerprint density at radius 1 is 1.04 bits per heavy atom. The van der Waals surface area contributed by atoms with Gasteiger partial charge in [0.25, 0.3) is 0 Å². The molecule has 28 heavy (non-hydrogen) atoms. The van der Waals surface area contributed by atoms with Crippen molar-refractivity contribution in [3.63, 3.8) is 0 Å². The quantitative estimate of drug-likeness (QED) is 0.465. The van der Waals surface area contributed by atoms with Crippen LogP contribution in [-0.4, -0.2) is 42.1 Å². The molecule has 0 atom stereocenters. The molecule has 0 spiro atoms. The highest BCUT2D eigenvalue weighted by atomic mass is 32.1. The van der Waals surface area contributed by atoms with Crippen LogP contribution in [0.5, 0.6) is 5.88 Å². The summed E-state index contributed by atoms with van der Waals surface area (Å²) in [7, 11) is 3.97. The van der Waals surface area contributed by atoms with E-state index >= 15 is 0 Å². The van der Waals surface area contributed by atoms with Crippen molar-refractivity contribution >= 4 is 22.4 Å². The fourth-order valence-corrected chi connectivity index (χ4v) is 3.06. The van der Waals surface area contributed by atoms with E-state index in [4.69, 9.17) is 4.74 Å². The lowest BCUT2D eigenvalue weighted by atomic mass is 10.1. The summed E-state index contributed by atoms with van der Waals surface area (Å²) in [5, 5.41) is 3.74. The van der Waals surface area contributed by atoms with Crippen molar-refractivity contribution in [1.82, 2.24) is 14.9 Å². The molecule has 2 aromatic heterocycles. The summed E-state index contributed by atoms with van der Waals surface area (Å²) in [5.74, 6) is 6.06. The van der Waals surface area contributed by atoms with Crippen LogP contribution in [0.4, 0.5) is 13.2 Å². The first-order chi connectivity index (χ1) is 13.3. The van der Waals surface area contributed by atoms with Gasteiger partial charge in [0.1, 0.15) is 11.0 Å². The third kappa shape index (κ3) is 5.21. The van der Waals surface area contributed by atoms with Crippen LogP contribution < -0.4 is 4.74 Å². The summed E-state index contributed by atoms with van der Waals surface area (Å²) in [6.45, 7) is 1.35. The molecule has 3 rings (SSSR count). The molecule has 0 fully saturated rings. The van der Waals surface area contributed by atoms with Crippen LogP contribution in [0.3, 0.4) is 0 Å². The molecule has 146 valence electrons. The molecule has 0 amide bonds. The maximum absolute atomic E-state index is 12.7. The molecular weight excluding hydrogens is 387 g/mol. The van der Waals surface area contributed by atoms with Crippen molar-refractivity contribution in [3.05, 3.63) is 51.8 Å². The third-order valence-electron chi connectivity index (χ3n) is 3.80. The van der Waals surface area contributed by atoms with Crippen molar-refractivity contribution in [2.24, 2.45) is 0 Å². The predicted octanol–water partition coefficient (Wildman–Crippen LogP) is 4.44. The number of halogens is 3. The third-order valence-corrected chi connectivity index (χ3v) is 4.52. The molecule has 0 unspecified atom stereocenters. The number of ether oxygens (including phenoxy) is 1. The number of hydrogen-bond donors (Lipinski definition) is 0. The van der Waals surface area contributed by atoms with Gasteiger partial charge in [-0.15, -0.1) is 11.3 Å². The van der Waals surface area contributed by atoms with Crippen LogP contribution in [-0.2, 0) is 6.18 Å².